The lowest BCUT2D eigenvalue weighted by atomic mass is 10.1. The van der Waals surface area contributed by atoms with Crippen LogP contribution in [0.5, 0.6) is 0 Å². The van der Waals surface area contributed by atoms with Gasteiger partial charge in [0.1, 0.15) is 5.60 Å². The lowest BCUT2D eigenvalue weighted by Crippen LogP contribution is -2.45. The van der Waals surface area contributed by atoms with Gasteiger partial charge in [0, 0.05) is 13.7 Å². The van der Waals surface area contributed by atoms with Crippen LogP contribution in [0.15, 0.2) is 0 Å². The molecular formula is C13H25NO6. The molecule has 118 valence electrons. The first kappa shape index (κ1) is 18.7. The number of carbonyl (C=O) groups is 2. The summed E-state index contributed by atoms with van der Waals surface area (Å²) in [5, 5.41) is 18.1. The van der Waals surface area contributed by atoms with Crippen LogP contribution >= 0.6 is 0 Å². The maximum Gasteiger partial charge on any atom is 0.410 e. The highest BCUT2D eigenvalue weighted by Crippen LogP contribution is 2.12. The van der Waals surface area contributed by atoms with Gasteiger partial charge in [-0.1, -0.05) is 6.92 Å². The Balaban J connectivity index is 4.77. The molecular weight excluding hydrogens is 266 g/mol. The number of aliphatic carboxylic acids is 1. The van der Waals surface area contributed by atoms with Crippen molar-refractivity contribution in [3.8, 4) is 0 Å². The molecule has 0 saturated carbocycles. The fraction of sp³-hybridized carbons (Fsp3) is 0.846. The number of rotatable bonds is 7. The highest BCUT2D eigenvalue weighted by Gasteiger charge is 2.27. The number of amides is 1. The van der Waals surface area contributed by atoms with Gasteiger partial charge in [-0.15, -0.1) is 0 Å². The van der Waals surface area contributed by atoms with Crippen molar-refractivity contribution in [1.82, 2.24) is 4.90 Å². The number of ether oxygens (including phenoxy) is 2. The monoisotopic (exact) mass is 291 g/mol. The minimum Gasteiger partial charge on any atom is -0.479 e. The summed E-state index contributed by atoms with van der Waals surface area (Å²) in [5.74, 6) is -1.38. The zero-order valence-electron chi connectivity index (χ0n) is 12.8. The molecule has 20 heavy (non-hydrogen) atoms. The summed E-state index contributed by atoms with van der Waals surface area (Å²) in [6.45, 7) is 7.35. The Morgan fingerprint density at radius 1 is 1.25 bits per heavy atom. The summed E-state index contributed by atoms with van der Waals surface area (Å²) in [7, 11) is 1.54. The Bertz CT molecular complexity index is 325. The van der Waals surface area contributed by atoms with E-state index in [1.165, 1.54) is 4.90 Å². The third-order valence-electron chi connectivity index (χ3n) is 2.31. The van der Waals surface area contributed by atoms with E-state index in [0.29, 0.717) is 6.61 Å². The van der Waals surface area contributed by atoms with Crippen molar-refractivity contribution < 1.29 is 29.3 Å². The molecule has 7 heteroatoms. The Hall–Kier alpha value is -1.34. The molecule has 0 bridgehead atoms. The van der Waals surface area contributed by atoms with Gasteiger partial charge in [-0.2, -0.15) is 0 Å². The molecule has 2 atom stereocenters. The molecule has 0 aromatic carbocycles. The first-order valence-corrected chi connectivity index (χ1v) is 6.44. The van der Waals surface area contributed by atoms with Crippen molar-refractivity contribution in [2.75, 3.05) is 26.8 Å². The van der Waals surface area contributed by atoms with Gasteiger partial charge in [0.2, 0.25) is 0 Å². The average molecular weight is 291 g/mol. The number of hydrogen-bond acceptors (Lipinski definition) is 5. The number of nitrogens with zero attached hydrogens (tertiary/aromatic N) is 1. The number of hydrogen-bond donors (Lipinski definition) is 2. The van der Waals surface area contributed by atoms with Crippen LogP contribution in [0, 0.1) is 5.92 Å². The van der Waals surface area contributed by atoms with Crippen molar-refractivity contribution in [2.24, 2.45) is 5.92 Å². The Morgan fingerprint density at radius 2 is 1.80 bits per heavy atom. The predicted molar refractivity (Wildman–Crippen MR) is 72.5 cm³/mol. The Kier molecular flexibility index (Phi) is 7.52. The van der Waals surface area contributed by atoms with E-state index in [1.54, 1.807) is 27.9 Å². The summed E-state index contributed by atoms with van der Waals surface area (Å²) in [6, 6.07) is 0. The van der Waals surface area contributed by atoms with Gasteiger partial charge in [0.25, 0.3) is 0 Å². The maximum absolute atomic E-state index is 12.0. The third kappa shape index (κ3) is 7.96. The van der Waals surface area contributed by atoms with E-state index in [0.717, 1.165) is 0 Å². The third-order valence-corrected chi connectivity index (χ3v) is 2.31. The Labute approximate surface area is 119 Å². The number of carboxylic acids is 1. The molecule has 0 aromatic heterocycles. The molecule has 0 aliphatic rings. The zero-order chi connectivity index (χ0) is 15.9. The minimum absolute atomic E-state index is 0.00601. The molecule has 0 rings (SSSR count). The number of carboxylic acid groups (broad SMARTS) is 1. The summed E-state index contributed by atoms with van der Waals surface area (Å²) in [5.41, 5.74) is -0.687. The van der Waals surface area contributed by atoms with Crippen molar-refractivity contribution in [2.45, 2.75) is 39.4 Å². The molecule has 0 saturated heterocycles. The summed E-state index contributed by atoms with van der Waals surface area (Å²) >= 11 is 0. The zero-order valence-corrected chi connectivity index (χ0v) is 12.8. The number of aliphatic hydroxyl groups excluding tert-OH is 1. The number of aliphatic hydroxyl groups is 1. The standard InChI is InChI=1S/C13H25NO6/c1-9(8-19-5)6-14(7-10(15)11(16)17)12(18)20-13(2,3)4/h9-10,15H,6-8H2,1-5H3,(H,16,17)/t9-,10?/m0/s1. The first-order chi connectivity index (χ1) is 9.06. The van der Waals surface area contributed by atoms with Crippen LogP contribution < -0.4 is 0 Å². The van der Waals surface area contributed by atoms with Crippen LogP contribution in [0.25, 0.3) is 0 Å². The first-order valence-electron chi connectivity index (χ1n) is 6.44. The fourth-order valence-electron chi connectivity index (χ4n) is 1.55. The molecule has 7 nitrogen and oxygen atoms in total. The summed E-state index contributed by atoms with van der Waals surface area (Å²) in [6.07, 6.45) is -2.29. The van der Waals surface area contributed by atoms with Gasteiger partial charge >= 0.3 is 12.1 Å². The summed E-state index contributed by atoms with van der Waals surface area (Å²) in [4.78, 5) is 23.9. The number of carbonyl (C=O) groups excluding carboxylic acids is 1. The van der Waals surface area contributed by atoms with Crippen LogP contribution in [-0.2, 0) is 14.3 Å². The molecule has 2 N–H and O–H groups in total. The topological polar surface area (TPSA) is 96.3 Å². The smallest absolute Gasteiger partial charge is 0.410 e. The number of methoxy groups -OCH3 is 1. The van der Waals surface area contributed by atoms with Gasteiger partial charge < -0.3 is 24.6 Å². The van der Waals surface area contributed by atoms with E-state index in [1.807, 2.05) is 6.92 Å². The Morgan fingerprint density at radius 3 is 2.20 bits per heavy atom. The molecule has 0 heterocycles. The largest absolute Gasteiger partial charge is 0.479 e. The van der Waals surface area contributed by atoms with Crippen LogP contribution in [0.3, 0.4) is 0 Å². The van der Waals surface area contributed by atoms with Crippen molar-refractivity contribution in [3.63, 3.8) is 0 Å². The van der Waals surface area contributed by atoms with E-state index in [4.69, 9.17) is 14.6 Å². The van der Waals surface area contributed by atoms with Gasteiger partial charge in [-0.25, -0.2) is 9.59 Å². The van der Waals surface area contributed by atoms with Gasteiger partial charge in [0.15, 0.2) is 6.10 Å². The van der Waals surface area contributed by atoms with Gasteiger partial charge in [-0.05, 0) is 26.7 Å². The molecule has 1 unspecified atom stereocenters. The van der Waals surface area contributed by atoms with Crippen molar-refractivity contribution in [1.29, 1.82) is 0 Å². The van der Waals surface area contributed by atoms with E-state index in [9.17, 15) is 14.7 Å². The van der Waals surface area contributed by atoms with Crippen LogP contribution in [0.4, 0.5) is 4.79 Å². The van der Waals surface area contributed by atoms with Crippen LogP contribution in [-0.4, -0.2) is 65.7 Å². The highest BCUT2D eigenvalue weighted by atomic mass is 16.6. The van der Waals surface area contributed by atoms with E-state index in [2.05, 4.69) is 0 Å². The molecule has 0 aliphatic heterocycles. The molecule has 0 aliphatic carbocycles. The van der Waals surface area contributed by atoms with Crippen LogP contribution in [0.2, 0.25) is 0 Å². The SMILES string of the molecule is COC[C@@H](C)CN(CC(O)C(=O)O)C(=O)OC(C)(C)C. The molecule has 0 fully saturated rings. The lowest BCUT2D eigenvalue weighted by molar-refractivity contribution is -0.147. The quantitative estimate of drug-likeness (QED) is 0.725. The fourth-order valence-corrected chi connectivity index (χ4v) is 1.55. The van der Waals surface area contributed by atoms with E-state index >= 15 is 0 Å². The van der Waals surface area contributed by atoms with Gasteiger partial charge in [0.05, 0.1) is 13.2 Å². The second kappa shape index (κ2) is 8.06. The highest BCUT2D eigenvalue weighted by molar-refractivity contribution is 5.74. The molecule has 1 amide bonds. The predicted octanol–water partition coefficient (Wildman–Crippen LogP) is 0.951. The molecule has 0 spiro atoms. The normalized spacial score (nSPS) is 14.5. The lowest BCUT2D eigenvalue weighted by Gasteiger charge is -2.29. The minimum atomic E-state index is -1.64. The second-order valence-electron chi connectivity index (χ2n) is 5.80. The second-order valence-corrected chi connectivity index (χ2v) is 5.80. The molecule has 0 radical (unpaired) electrons. The van der Waals surface area contributed by atoms with E-state index < -0.39 is 23.8 Å². The maximum atomic E-state index is 12.0. The van der Waals surface area contributed by atoms with Crippen molar-refractivity contribution >= 4 is 12.1 Å². The van der Waals surface area contributed by atoms with Gasteiger partial charge in [-0.3, -0.25) is 0 Å². The average Bonchev–Trinajstić information content (AvgIpc) is 2.25. The van der Waals surface area contributed by atoms with Crippen LogP contribution in [0.1, 0.15) is 27.7 Å². The van der Waals surface area contributed by atoms with Crippen molar-refractivity contribution in [3.05, 3.63) is 0 Å². The molecule has 0 aromatic rings. The summed E-state index contributed by atoms with van der Waals surface area (Å²) < 4.78 is 10.2. The van der Waals surface area contributed by atoms with E-state index in [-0.39, 0.29) is 19.0 Å².